The molecule has 0 saturated heterocycles. The number of benzene rings is 1. The van der Waals surface area contributed by atoms with Gasteiger partial charge < -0.3 is 9.73 Å². The zero-order valence-electron chi connectivity index (χ0n) is 15.1. The number of furan rings is 1. The van der Waals surface area contributed by atoms with E-state index in [1.54, 1.807) is 24.8 Å². The van der Waals surface area contributed by atoms with Gasteiger partial charge in [-0.25, -0.2) is 5.43 Å². The minimum atomic E-state index is -0.282. The molecular weight excluding hydrogens is 348 g/mol. The topological polar surface area (TPSA) is 79.0 Å². The van der Waals surface area contributed by atoms with Gasteiger partial charge in [0.2, 0.25) is 0 Å². The lowest BCUT2D eigenvalue weighted by Gasteiger charge is -2.08. The number of amidine groups is 1. The van der Waals surface area contributed by atoms with Crippen molar-refractivity contribution in [2.45, 2.75) is 32.4 Å². The van der Waals surface area contributed by atoms with E-state index in [4.69, 9.17) is 4.42 Å². The van der Waals surface area contributed by atoms with Gasteiger partial charge in [0.05, 0.1) is 24.1 Å². The van der Waals surface area contributed by atoms with Crippen LogP contribution in [0.25, 0.3) is 0 Å². The molecule has 0 radical (unpaired) electrons. The number of rotatable bonds is 5. The average Bonchev–Trinajstić information content (AvgIpc) is 3.28. The first kappa shape index (κ1) is 18.3. The molecule has 0 spiro atoms. The van der Waals surface area contributed by atoms with Crippen LogP contribution in [0.5, 0.6) is 0 Å². The second-order valence-electron chi connectivity index (χ2n) is 6.02. The van der Waals surface area contributed by atoms with E-state index in [-0.39, 0.29) is 5.91 Å². The molecule has 0 fully saturated rings. The number of nitrogens with zero attached hydrogens (tertiary/aromatic N) is 2. The number of aliphatic imine (C=N–C) groups is 1. The Labute approximate surface area is 157 Å². The molecule has 1 aromatic carbocycles. The molecule has 3 rings (SSSR count). The number of hydrogen-bond acceptors (Lipinski definition) is 6. The van der Waals surface area contributed by atoms with Gasteiger partial charge in [-0.05, 0) is 44.0 Å². The van der Waals surface area contributed by atoms with Crippen molar-refractivity contribution in [3.05, 3.63) is 53.5 Å². The fourth-order valence-corrected chi connectivity index (χ4v) is 3.45. The van der Waals surface area contributed by atoms with Gasteiger partial charge in [-0.3, -0.25) is 9.79 Å². The van der Waals surface area contributed by atoms with E-state index in [9.17, 15) is 4.79 Å². The summed E-state index contributed by atoms with van der Waals surface area (Å²) >= 11 is 1.79. The van der Waals surface area contributed by atoms with Crippen molar-refractivity contribution in [1.29, 1.82) is 0 Å². The van der Waals surface area contributed by atoms with Gasteiger partial charge in [-0.1, -0.05) is 30.8 Å². The van der Waals surface area contributed by atoms with E-state index < -0.39 is 0 Å². The number of carbonyl (C=O) groups excluding carboxylic acids is 1. The van der Waals surface area contributed by atoms with Gasteiger partial charge in [0.1, 0.15) is 5.76 Å². The summed E-state index contributed by atoms with van der Waals surface area (Å²) in [6.45, 7) is 6.66. The van der Waals surface area contributed by atoms with E-state index in [1.807, 2.05) is 31.2 Å². The fraction of sp³-hybridized carbons (Fsp3) is 0.316. The summed E-state index contributed by atoms with van der Waals surface area (Å²) in [6.07, 6.45) is 2.61. The van der Waals surface area contributed by atoms with Crippen LogP contribution >= 0.6 is 11.8 Å². The van der Waals surface area contributed by atoms with Gasteiger partial charge in [-0.15, -0.1) is 0 Å². The average molecular weight is 370 g/mol. The molecule has 0 aliphatic carbocycles. The molecule has 2 N–H and O–H groups in total. The number of carbonyl (C=O) groups is 1. The van der Waals surface area contributed by atoms with Crippen molar-refractivity contribution in [1.82, 2.24) is 5.43 Å². The number of anilines is 1. The van der Waals surface area contributed by atoms with Crippen molar-refractivity contribution in [3.8, 4) is 0 Å². The van der Waals surface area contributed by atoms with Gasteiger partial charge in [0, 0.05) is 10.9 Å². The Kier molecular flexibility index (Phi) is 5.78. The standard InChI is InChI=1S/C19H22N4O2S/c1-4-16-11-20-19(26-16)21-15-7-5-14(6-8-15)12(2)22-23-18(24)17-9-10-25-13(17)3/h5-10,16H,4,11H2,1-3H3,(H,20,21)(H,23,24)/b22-12-/t16-/m1/s1. The number of aryl methyl sites for hydroxylation is 1. The molecule has 0 saturated carbocycles. The maximum absolute atomic E-state index is 12.1. The summed E-state index contributed by atoms with van der Waals surface area (Å²) in [5.74, 6) is 0.291. The van der Waals surface area contributed by atoms with Crippen molar-refractivity contribution in [2.24, 2.45) is 10.1 Å². The van der Waals surface area contributed by atoms with Gasteiger partial charge in [0.15, 0.2) is 5.17 Å². The first-order valence-corrected chi connectivity index (χ1v) is 9.42. The third-order valence-corrected chi connectivity index (χ3v) is 5.42. The number of hydrazone groups is 1. The summed E-state index contributed by atoms with van der Waals surface area (Å²) < 4.78 is 5.13. The Hall–Kier alpha value is -2.54. The summed E-state index contributed by atoms with van der Waals surface area (Å²) in [4.78, 5) is 16.6. The van der Waals surface area contributed by atoms with Crippen LogP contribution in [0.15, 0.2) is 51.1 Å². The Bertz CT molecular complexity index is 839. The summed E-state index contributed by atoms with van der Waals surface area (Å²) in [5, 5.41) is 9.06. The highest BCUT2D eigenvalue weighted by molar-refractivity contribution is 8.15. The van der Waals surface area contributed by atoms with Crippen molar-refractivity contribution < 1.29 is 9.21 Å². The highest BCUT2D eigenvalue weighted by Crippen LogP contribution is 2.24. The lowest BCUT2D eigenvalue weighted by atomic mass is 10.1. The first-order chi connectivity index (χ1) is 12.6. The number of amides is 1. The van der Waals surface area contributed by atoms with Crippen LogP contribution in [-0.2, 0) is 0 Å². The van der Waals surface area contributed by atoms with Crippen LogP contribution in [0.1, 0.15) is 41.9 Å². The zero-order chi connectivity index (χ0) is 18.5. The molecule has 1 amide bonds. The molecule has 6 nitrogen and oxygen atoms in total. The molecule has 136 valence electrons. The predicted molar refractivity (Wildman–Crippen MR) is 107 cm³/mol. The monoisotopic (exact) mass is 370 g/mol. The maximum atomic E-state index is 12.1. The third kappa shape index (κ3) is 4.35. The minimum absolute atomic E-state index is 0.282. The molecule has 1 aliphatic heterocycles. The summed E-state index contributed by atoms with van der Waals surface area (Å²) in [5.41, 5.74) is 5.70. The van der Waals surface area contributed by atoms with Crippen LogP contribution in [0.2, 0.25) is 0 Å². The van der Waals surface area contributed by atoms with Crippen molar-refractivity contribution in [2.75, 3.05) is 11.9 Å². The highest BCUT2D eigenvalue weighted by atomic mass is 32.2. The molecule has 1 aliphatic rings. The van der Waals surface area contributed by atoms with E-state index >= 15 is 0 Å². The van der Waals surface area contributed by atoms with E-state index in [2.05, 4.69) is 27.8 Å². The van der Waals surface area contributed by atoms with E-state index in [1.165, 1.54) is 6.26 Å². The number of thioether (sulfide) groups is 1. The molecule has 1 aromatic heterocycles. The summed E-state index contributed by atoms with van der Waals surface area (Å²) in [7, 11) is 0. The molecule has 26 heavy (non-hydrogen) atoms. The number of hydrogen-bond donors (Lipinski definition) is 2. The summed E-state index contributed by atoms with van der Waals surface area (Å²) in [6, 6.07) is 9.53. The maximum Gasteiger partial charge on any atom is 0.274 e. The van der Waals surface area contributed by atoms with Crippen LogP contribution in [0.3, 0.4) is 0 Å². The Morgan fingerprint density at radius 1 is 1.35 bits per heavy atom. The molecule has 7 heteroatoms. The largest absolute Gasteiger partial charge is 0.469 e. The number of nitrogens with one attached hydrogen (secondary N) is 2. The molecule has 0 unspecified atom stereocenters. The van der Waals surface area contributed by atoms with E-state index in [0.29, 0.717) is 16.6 Å². The smallest absolute Gasteiger partial charge is 0.274 e. The van der Waals surface area contributed by atoms with Crippen LogP contribution < -0.4 is 10.7 Å². The lowest BCUT2D eigenvalue weighted by molar-refractivity contribution is 0.0953. The Morgan fingerprint density at radius 2 is 2.12 bits per heavy atom. The normalized spacial score (nSPS) is 17.1. The second kappa shape index (κ2) is 8.23. The van der Waals surface area contributed by atoms with Gasteiger partial charge in [0.25, 0.3) is 5.91 Å². The Balaban J connectivity index is 1.59. The molecule has 1 atom stereocenters. The third-order valence-electron chi connectivity index (χ3n) is 4.15. The van der Waals surface area contributed by atoms with Crippen LogP contribution in [0.4, 0.5) is 5.69 Å². The SMILES string of the molecule is CC[C@@H]1CN=C(Nc2ccc(/C(C)=N\NC(=O)c3ccoc3C)cc2)S1. The lowest BCUT2D eigenvalue weighted by Crippen LogP contribution is -2.19. The van der Waals surface area contributed by atoms with Crippen molar-refractivity contribution in [3.63, 3.8) is 0 Å². The second-order valence-corrected chi connectivity index (χ2v) is 7.31. The quantitative estimate of drug-likeness (QED) is 0.615. The van der Waals surface area contributed by atoms with Crippen LogP contribution in [-0.4, -0.2) is 28.6 Å². The van der Waals surface area contributed by atoms with Crippen LogP contribution in [0, 0.1) is 6.92 Å². The Morgan fingerprint density at radius 3 is 2.73 bits per heavy atom. The van der Waals surface area contributed by atoms with Gasteiger partial charge >= 0.3 is 0 Å². The molecule has 0 bridgehead atoms. The molecule has 2 heterocycles. The first-order valence-electron chi connectivity index (χ1n) is 8.54. The predicted octanol–water partition coefficient (Wildman–Crippen LogP) is 4.04. The zero-order valence-corrected chi connectivity index (χ0v) is 15.9. The molecule has 2 aromatic rings. The molecular formula is C19H22N4O2S. The van der Waals surface area contributed by atoms with E-state index in [0.717, 1.165) is 35.1 Å². The highest BCUT2D eigenvalue weighted by Gasteiger charge is 2.17. The van der Waals surface area contributed by atoms with Crippen molar-refractivity contribution >= 4 is 34.2 Å². The fourth-order valence-electron chi connectivity index (χ4n) is 2.50. The minimum Gasteiger partial charge on any atom is -0.469 e. The van der Waals surface area contributed by atoms with Gasteiger partial charge in [-0.2, -0.15) is 5.10 Å².